The minimum Gasteiger partial charge on any atom is -0.378 e. The van der Waals surface area contributed by atoms with Gasteiger partial charge in [-0.1, -0.05) is 0 Å². The van der Waals surface area contributed by atoms with E-state index in [0.717, 1.165) is 12.8 Å². The molecule has 5 heteroatoms. The van der Waals surface area contributed by atoms with E-state index in [4.69, 9.17) is 10.5 Å². The van der Waals surface area contributed by atoms with Crippen molar-refractivity contribution >= 4 is 5.69 Å². The first-order chi connectivity index (χ1) is 10.0. The van der Waals surface area contributed by atoms with Gasteiger partial charge < -0.3 is 15.4 Å². The van der Waals surface area contributed by atoms with Crippen LogP contribution in [0.4, 0.5) is 14.5 Å². The number of nitrogens with zero attached hydrogens (tertiary/aromatic N) is 1. The molecule has 0 radical (unpaired) electrons. The Hall–Kier alpha value is -1.20. The van der Waals surface area contributed by atoms with Crippen LogP contribution in [0.1, 0.15) is 32.3 Å². The van der Waals surface area contributed by atoms with Gasteiger partial charge in [-0.25, -0.2) is 8.78 Å². The number of hydrogen-bond donors (Lipinski definition) is 1. The first-order valence-electron chi connectivity index (χ1n) is 7.61. The minimum atomic E-state index is -0.500. The van der Waals surface area contributed by atoms with Gasteiger partial charge in [0.05, 0.1) is 6.10 Å². The van der Waals surface area contributed by atoms with Gasteiger partial charge in [0.1, 0.15) is 17.3 Å². The summed E-state index contributed by atoms with van der Waals surface area (Å²) in [7, 11) is 0. The van der Waals surface area contributed by atoms with E-state index in [2.05, 4.69) is 0 Å². The second-order valence-corrected chi connectivity index (χ2v) is 5.73. The molecule has 3 nitrogen and oxygen atoms in total. The van der Waals surface area contributed by atoms with Crippen molar-refractivity contribution in [3.8, 4) is 0 Å². The largest absolute Gasteiger partial charge is 0.378 e. The van der Waals surface area contributed by atoms with Crippen molar-refractivity contribution < 1.29 is 13.5 Å². The van der Waals surface area contributed by atoms with Gasteiger partial charge in [-0.05, 0) is 50.8 Å². The molecule has 1 saturated heterocycles. The number of ether oxygens (including phenoxy) is 1. The molecule has 0 spiro atoms. The molecule has 1 aliphatic rings. The van der Waals surface area contributed by atoms with Crippen molar-refractivity contribution in [1.29, 1.82) is 0 Å². The van der Waals surface area contributed by atoms with Gasteiger partial charge in [-0.3, -0.25) is 0 Å². The third kappa shape index (κ3) is 4.14. The van der Waals surface area contributed by atoms with Crippen molar-refractivity contribution in [2.24, 2.45) is 5.73 Å². The zero-order valence-electron chi connectivity index (χ0n) is 12.7. The second kappa shape index (κ2) is 7.18. The number of piperidine rings is 1. The predicted molar refractivity (Wildman–Crippen MR) is 80.6 cm³/mol. The van der Waals surface area contributed by atoms with Crippen LogP contribution >= 0.6 is 0 Å². The molecule has 118 valence electrons. The highest BCUT2D eigenvalue weighted by atomic mass is 19.1. The summed E-state index contributed by atoms with van der Waals surface area (Å²) in [4.78, 5) is 1.77. The maximum atomic E-state index is 14.2. The molecule has 1 heterocycles. The van der Waals surface area contributed by atoms with Gasteiger partial charge in [-0.2, -0.15) is 0 Å². The third-order valence-electron chi connectivity index (χ3n) is 3.79. The van der Waals surface area contributed by atoms with Gasteiger partial charge in [0.15, 0.2) is 0 Å². The second-order valence-electron chi connectivity index (χ2n) is 5.73. The first kappa shape index (κ1) is 16.2. The van der Waals surface area contributed by atoms with Crippen molar-refractivity contribution in [3.05, 3.63) is 29.3 Å². The van der Waals surface area contributed by atoms with E-state index in [-0.39, 0.29) is 17.8 Å². The normalized spacial score (nSPS) is 18.0. The molecular formula is C16H24F2N2O. The summed E-state index contributed by atoms with van der Waals surface area (Å²) in [5.74, 6) is -0.999. The molecule has 1 aromatic carbocycles. The molecule has 1 aromatic rings. The lowest BCUT2D eigenvalue weighted by atomic mass is 10.0. The lowest BCUT2D eigenvalue weighted by Crippen LogP contribution is -2.38. The van der Waals surface area contributed by atoms with Crippen LogP contribution in [0, 0.1) is 11.6 Å². The number of nitrogens with two attached hydrogens (primary N) is 1. The fraction of sp³-hybridized carbons (Fsp3) is 0.625. The van der Waals surface area contributed by atoms with E-state index in [1.165, 1.54) is 12.1 Å². The van der Waals surface area contributed by atoms with Gasteiger partial charge in [0.2, 0.25) is 0 Å². The lowest BCUT2D eigenvalue weighted by Gasteiger charge is -2.33. The summed E-state index contributed by atoms with van der Waals surface area (Å²) in [6.07, 6.45) is 2.28. The Bertz CT molecular complexity index is 448. The van der Waals surface area contributed by atoms with Crippen molar-refractivity contribution in [2.45, 2.75) is 45.3 Å². The molecule has 1 aliphatic heterocycles. The summed E-state index contributed by atoms with van der Waals surface area (Å²) >= 11 is 0. The molecule has 1 unspecified atom stereocenters. The standard InChI is InChI=1S/C16H24F2N2O/c1-3-21-13-4-6-20(7-5-13)16-14(17)9-12(8-11(2)19)10-15(16)18/h9-11,13H,3-8,19H2,1-2H3. The Balaban J connectivity index is 2.10. The van der Waals surface area contributed by atoms with Crippen LogP contribution in [-0.2, 0) is 11.2 Å². The minimum absolute atomic E-state index is 0.0818. The fourth-order valence-corrected chi connectivity index (χ4v) is 2.89. The van der Waals surface area contributed by atoms with E-state index < -0.39 is 11.6 Å². The molecule has 1 fully saturated rings. The molecule has 0 bridgehead atoms. The van der Waals surface area contributed by atoms with Crippen LogP contribution in [0.5, 0.6) is 0 Å². The predicted octanol–water partition coefficient (Wildman–Crippen LogP) is 2.86. The summed E-state index contributed by atoms with van der Waals surface area (Å²) in [6, 6.07) is 2.68. The van der Waals surface area contributed by atoms with E-state index in [0.29, 0.717) is 31.7 Å². The number of halogens is 2. The Morgan fingerprint density at radius 2 is 1.86 bits per heavy atom. The number of hydrogen-bond acceptors (Lipinski definition) is 3. The Morgan fingerprint density at radius 1 is 1.29 bits per heavy atom. The number of anilines is 1. The topological polar surface area (TPSA) is 38.5 Å². The van der Waals surface area contributed by atoms with E-state index >= 15 is 0 Å². The van der Waals surface area contributed by atoms with Crippen molar-refractivity contribution in [3.63, 3.8) is 0 Å². The molecule has 2 rings (SSSR count). The van der Waals surface area contributed by atoms with E-state index in [9.17, 15) is 8.78 Å². The van der Waals surface area contributed by atoms with E-state index in [1.807, 2.05) is 13.8 Å². The van der Waals surface area contributed by atoms with Gasteiger partial charge in [-0.15, -0.1) is 0 Å². The molecular weight excluding hydrogens is 274 g/mol. The maximum absolute atomic E-state index is 14.2. The molecule has 0 aliphatic carbocycles. The quantitative estimate of drug-likeness (QED) is 0.908. The van der Waals surface area contributed by atoms with Gasteiger partial charge in [0.25, 0.3) is 0 Å². The molecule has 0 saturated carbocycles. The third-order valence-corrected chi connectivity index (χ3v) is 3.79. The smallest absolute Gasteiger partial charge is 0.149 e. The van der Waals surface area contributed by atoms with Crippen molar-refractivity contribution in [1.82, 2.24) is 0 Å². The highest BCUT2D eigenvalue weighted by Gasteiger charge is 2.24. The van der Waals surface area contributed by atoms with Crippen LogP contribution in [0.3, 0.4) is 0 Å². The van der Waals surface area contributed by atoms with Crippen LogP contribution in [0.2, 0.25) is 0 Å². The summed E-state index contributed by atoms with van der Waals surface area (Å²) in [5.41, 5.74) is 6.37. The van der Waals surface area contributed by atoms with Crippen LogP contribution in [-0.4, -0.2) is 31.8 Å². The average Bonchev–Trinajstić information content (AvgIpc) is 2.39. The maximum Gasteiger partial charge on any atom is 0.149 e. The number of benzene rings is 1. The van der Waals surface area contributed by atoms with Gasteiger partial charge >= 0.3 is 0 Å². The van der Waals surface area contributed by atoms with E-state index in [1.54, 1.807) is 4.90 Å². The molecule has 21 heavy (non-hydrogen) atoms. The van der Waals surface area contributed by atoms with Gasteiger partial charge in [0, 0.05) is 25.7 Å². The summed E-state index contributed by atoms with van der Waals surface area (Å²) in [6.45, 7) is 5.70. The SMILES string of the molecule is CCOC1CCN(c2c(F)cc(CC(C)N)cc2F)CC1. The Morgan fingerprint density at radius 3 is 2.33 bits per heavy atom. The van der Waals surface area contributed by atoms with Crippen molar-refractivity contribution in [2.75, 3.05) is 24.6 Å². The fourth-order valence-electron chi connectivity index (χ4n) is 2.89. The highest BCUT2D eigenvalue weighted by molar-refractivity contribution is 5.51. The first-order valence-corrected chi connectivity index (χ1v) is 7.61. The van der Waals surface area contributed by atoms with Crippen LogP contribution in [0.15, 0.2) is 12.1 Å². The Kier molecular flexibility index (Phi) is 5.53. The number of rotatable bonds is 5. The monoisotopic (exact) mass is 298 g/mol. The molecule has 0 aromatic heterocycles. The van der Waals surface area contributed by atoms with Crippen LogP contribution in [0.25, 0.3) is 0 Å². The average molecular weight is 298 g/mol. The zero-order chi connectivity index (χ0) is 15.4. The molecule has 2 N–H and O–H groups in total. The lowest BCUT2D eigenvalue weighted by molar-refractivity contribution is 0.0457. The van der Waals surface area contributed by atoms with Crippen LogP contribution < -0.4 is 10.6 Å². The zero-order valence-corrected chi connectivity index (χ0v) is 12.7. The summed E-state index contributed by atoms with van der Waals surface area (Å²) in [5, 5.41) is 0. The molecule has 0 amide bonds. The Labute approximate surface area is 125 Å². The highest BCUT2D eigenvalue weighted by Crippen LogP contribution is 2.28. The summed E-state index contributed by atoms with van der Waals surface area (Å²) < 4.78 is 34.0. The molecule has 1 atom stereocenters.